The van der Waals surface area contributed by atoms with Crippen molar-refractivity contribution < 1.29 is 19.4 Å². The van der Waals surface area contributed by atoms with E-state index in [0.717, 1.165) is 32.4 Å². The van der Waals surface area contributed by atoms with Gasteiger partial charge in [0, 0.05) is 19.8 Å². The number of pyridine rings is 1. The highest BCUT2D eigenvalue weighted by molar-refractivity contribution is 8.26. The molecule has 0 aliphatic carbocycles. The zero-order valence-electron chi connectivity index (χ0n) is 19.7. The van der Waals surface area contributed by atoms with Crippen molar-refractivity contribution in [3.05, 3.63) is 67.3 Å². The molecule has 3 rings (SSSR count). The second-order valence-corrected chi connectivity index (χ2v) is 9.60. The van der Waals surface area contributed by atoms with Crippen LogP contribution in [0.15, 0.2) is 34.0 Å². The number of thioether (sulfide) groups is 1. The van der Waals surface area contributed by atoms with Gasteiger partial charge in [0.05, 0.1) is 17.0 Å². The molecule has 1 aromatic carbocycles. The number of carbonyl (C=O) groups excluding carboxylic acids is 2. The van der Waals surface area contributed by atoms with Gasteiger partial charge in [-0.25, -0.2) is 0 Å². The van der Waals surface area contributed by atoms with Gasteiger partial charge in [0.2, 0.25) is 5.88 Å². The molecule has 0 unspecified atom stereocenters. The monoisotopic (exact) mass is 511 g/mol. The molecule has 2 heterocycles. The van der Waals surface area contributed by atoms with Crippen molar-refractivity contribution in [2.75, 3.05) is 19.8 Å². The lowest BCUT2D eigenvalue weighted by Gasteiger charge is -2.18. The highest BCUT2D eigenvalue weighted by Gasteiger charge is 2.35. The van der Waals surface area contributed by atoms with Crippen LogP contribution in [0.3, 0.4) is 0 Å². The minimum absolute atomic E-state index is 0.0697. The Labute approximate surface area is 212 Å². The number of ketones is 1. The number of hydrogen-bond donors (Lipinski definition) is 1. The fourth-order valence-corrected chi connectivity index (χ4v) is 4.89. The number of nitriles is 1. The number of aryl methyl sites for hydroxylation is 1. The molecule has 0 saturated carbocycles. The smallest absolute Gasteiger partial charge is 0.271 e. The summed E-state index contributed by atoms with van der Waals surface area (Å²) >= 11 is 6.42. The number of thiocarbonyl (C=S) groups is 1. The molecule has 35 heavy (non-hydrogen) atoms. The predicted molar refractivity (Wildman–Crippen MR) is 138 cm³/mol. The van der Waals surface area contributed by atoms with Gasteiger partial charge in [0.25, 0.3) is 11.5 Å². The van der Waals surface area contributed by atoms with Crippen LogP contribution < -0.4 is 5.56 Å². The van der Waals surface area contributed by atoms with E-state index in [1.54, 1.807) is 6.08 Å². The molecule has 1 amide bonds. The summed E-state index contributed by atoms with van der Waals surface area (Å²) in [5.74, 6) is -1.58. The van der Waals surface area contributed by atoms with Crippen LogP contribution in [0.2, 0.25) is 0 Å². The first kappa shape index (κ1) is 26.3. The second kappa shape index (κ2) is 11.4. The van der Waals surface area contributed by atoms with Crippen LogP contribution >= 0.6 is 24.0 Å². The Hall–Kier alpha value is -3.26. The first-order valence-corrected chi connectivity index (χ1v) is 12.2. The first-order chi connectivity index (χ1) is 16.7. The van der Waals surface area contributed by atoms with Gasteiger partial charge in [-0.3, -0.25) is 23.9 Å². The summed E-state index contributed by atoms with van der Waals surface area (Å²) in [6.07, 6.45) is 2.11. The first-order valence-electron chi connectivity index (χ1n) is 11.0. The predicted octanol–water partition coefficient (Wildman–Crippen LogP) is 3.55. The van der Waals surface area contributed by atoms with Crippen molar-refractivity contribution in [3.8, 4) is 11.9 Å². The second-order valence-electron chi connectivity index (χ2n) is 7.92. The molecule has 0 bridgehead atoms. The summed E-state index contributed by atoms with van der Waals surface area (Å²) in [7, 11) is 0. The Balaban J connectivity index is 1.89. The number of hydrogen-bond acceptors (Lipinski definition) is 8. The third-order valence-electron chi connectivity index (χ3n) is 5.50. The number of ether oxygens (including phenoxy) is 1. The molecule has 0 atom stereocenters. The average Bonchev–Trinajstić information content (AvgIpc) is 3.07. The lowest BCUT2D eigenvalue weighted by Crippen LogP contribution is -2.35. The molecular weight excluding hydrogens is 486 g/mol. The van der Waals surface area contributed by atoms with E-state index in [1.807, 2.05) is 44.2 Å². The zero-order chi connectivity index (χ0) is 25.7. The van der Waals surface area contributed by atoms with E-state index in [0.29, 0.717) is 24.5 Å². The van der Waals surface area contributed by atoms with Crippen molar-refractivity contribution in [1.82, 2.24) is 9.47 Å². The third-order valence-corrected chi connectivity index (χ3v) is 6.88. The molecule has 182 valence electrons. The summed E-state index contributed by atoms with van der Waals surface area (Å²) in [6.45, 7) is 5.73. The Morgan fingerprint density at radius 3 is 2.57 bits per heavy atom. The van der Waals surface area contributed by atoms with E-state index in [9.17, 15) is 24.8 Å². The molecule has 1 aliphatic heterocycles. The van der Waals surface area contributed by atoms with Crippen LogP contribution in [0.4, 0.5) is 0 Å². The van der Waals surface area contributed by atoms with E-state index < -0.39 is 29.7 Å². The number of Topliss-reactive ketones (excluding diaryl/α,β-unsaturated/α-hetero) is 1. The van der Waals surface area contributed by atoms with Crippen LogP contribution in [-0.4, -0.2) is 50.3 Å². The van der Waals surface area contributed by atoms with E-state index in [1.165, 1.54) is 6.92 Å². The van der Waals surface area contributed by atoms with Gasteiger partial charge in [-0.1, -0.05) is 53.8 Å². The number of aromatic hydroxyl groups is 1. The maximum Gasteiger partial charge on any atom is 0.271 e. The van der Waals surface area contributed by atoms with Gasteiger partial charge in [0.1, 0.15) is 16.0 Å². The minimum atomic E-state index is -0.679. The SMILES string of the molecule is CCOCCCn1c(O)c(C(=O)CN2C(=O)/C(=C/c3ccc(C)cc3)SC2=S)c(C)c(C#N)c1=O. The Morgan fingerprint density at radius 1 is 1.26 bits per heavy atom. The number of aromatic nitrogens is 1. The van der Waals surface area contributed by atoms with Crippen molar-refractivity contribution in [1.29, 1.82) is 5.26 Å². The number of nitrogens with zero attached hydrogens (tertiary/aromatic N) is 3. The molecule has 2 aromatic rings. The highest BCUT2D eigenvalue weighted by Crippen LogP contribution is 2.33. The summed E-state index contributed by atoms with van der Waals surface area (Å²) in [4.78, 5) is 40.5. The Morgan fingerprint density at radius 2 is 1.94 bits per heavy atom. The summed E-state index contributed by atoms with van der Waals surface area (Å²) < 4.78 is 6.48. The molecule has 1 saturated heterocycles. The standard InChI is InChI=1S/C25H25N3O5S2/c1-4-33-11-5-10-27-22(30)18(13-26)16(3)21(24(27)32)19(29)14-28-23(31)20(35-25(28)34)12-17-8-6-15(2)7-9-17/h6-9,12,32H,4-5,10-11,14H2,1-3H3/b20-12-. The molecule has 1 N–H and O–H groups in total. The minimum Gasteiger partial charge on any atom is -0.494 e. The fraction of sp³-hybridized carbons (Fsp3) is 0.320. The molecule has 8 nitrogen and oxygen atoms in total. The summed E-state index contributed by atoms with van der Waals surface area (Å²) in [6, 6.07) is 9.45. The van der Waals surface area contributed by atoms with Crippen LogP contribution in [0.25, 0.3) is 6.08 Å². The topological polar surface area (TPSA) is 113 Å². The van der Waals surface area contributed by atoms with Crippen LogP contribution in [0.1, 0.15) is 46.0 Å². The Bertz CT molecular complexity index is 1310. The van der Waals surface area contributed by atoms with E-state index >= 15 is 0 Å². The molecular formula is C25H25N3O5S2. The molecule has 10 heteroatoms. The number of carbonyl (C=O) groups is 2. The van der Waals surface area contributed by atoms with Gasteiger partial charge in [-0.05, 0) is 44.4 Å². The highest BCUT2D eigenvalue weighted by atomic mass is 32.2. The number of amides is 1. The van der Waals surface area contributed by atoms with E-state index in [2.05, 4.69) is 0 Å². The van der Waals surface area contributed by atoms with Crippen LogP contribution in [0, 0.1) is 25.2 Å². The molecule has 1 aromatic heterocycles. The Kier molecular flexibility index (Phi) is 8.62. The lowest BCUT2D eigenvalue weighted by atomic mass is 10.0. The van der Waals surface area contributed by atoms with E-state index in [-0.39, 0.29) is 27.6 Å². The largest absolute Gasteiger partial charge is 0.494 e. The normalized spacial score (nSPS) is 14.6. The van der Waals surface area contributed by atoms with Gasteiger partial charge in [0.15, 0.2) is 5.78 Å². The number of benzene rings is 1. The van der Waals surface area contributed by atoms with Crippen molar-refractivity contribution in [3.63, 3.8) is 0 Å². The van der Waals surface area contributed by atoms with Gasteiger partial charge in [-0.2, -0.15) is 5.26 Å². The molecule has 1 aliphatic rings. The van der Waals surface area contributed by atoms with Gasteiger partial charge in [-0.15, -0.1) is 0 Å². The van der Waals surface area contributed by atoms with Crippen LogP contribution in [0.5, 0.6) is 5.88 Å². The lowest BCUT2D eigenvalue weighted by molar-refractivity contribution is -0.121. The molecule has 1 fully saturated rings. The average molecular weight is 512 g/mol. The van der Waals surface area contributed by atoms with Crippen molar-refractivity contribution in [2.45, 2.75) is 33.7 Å². The van der Waals surface area contributed by atoms with Crippen molar-refractivity contribution >= 4 is 46.1 Å². The van der Waals surface area contributed by atoms with Gasteiger partial charge >= 0.3 is 0 Å². The number of rotatable bonds is 9. The zero-order valence-corrected chi connectivity index (χ0v) is 21.3. The third kappa shape index (κ3) is 5.70. The van der Waals surface area contributed by atoms with Crippen LogP contribution in [-0.2, 0) is 16.1 Å². The molecule has 0 spiro atoms. The van der Waals surface area contributed by atoms with Crippen molar-refractivity contribution in [2.24, 2.45) is 0 Å². The quantitative estimate of drug-likeness (QED) is 0.235. The van der Waals surface area contributed by atoms with E-state index in [4.69, 9.17) is 17.0 Å². The van der Waals surface area contributed by atoms with Gasteiger partial charge < -0.3 is 9.84 Å². The summed E-state index contributed by atoms with van der Waals surface area (Å²) in [5, 5.41) is 20.3. The fourth-order valence-electron chi connectivity index (χ4n) is 3.63. The maximum atomic E-state index is 13.3. The maximum absolute atomic E-state index is 13.3. The summed E-state index contributed by atoms with van der Waals surface area (Å²) in [5.41, 5.74) is 0.908. The molecule has 0 radical (unpaired) electrons.